The van der Waals surface area contributed by atoms with Crippen molar-refractivity contribution in [3.8, 4) is 5.75 Å². The molecule has 98 valence electrons. The monoisotopic (exact) mass is 317 g/mol. The molecule has 2 nitrogen and oxygen atoms in total. The van der Waals surface area contributed by atoms with E-state index in [-0.39, 0.29) is 6.04 Å². The molecule has 0 aliphatic carbocycles. The minimum Gasteiger partial charge on any atom is -0.493 e. The van der Waals surface area contributed by atoms with Crippen molar-refractivity contribution in [3.63, 3.8) is 0 Å². The van der Waals surface area contributed by atoms with E-state index in [1.165, 1.54) is 5.56 Å². The summed E-state index contributed by atoms with van der Waals surface area (Å²) in [5.74, 6) is 1.42. The zero-order chi connectivity index (χ0) is 13.2. The van der Waals surface area contributed by atoms with Crippen LogP contribution >= 0.6 is 15.9 Å². The van der Waals surface area contributed by atoms with Crippen LogP contribution in [0.25, 0.3) is 0 Å². The van der Waals surface area contributed by atoms with Gasteiger partial charge in [-0.3, -0.25) is 0 Å². The van der Waals surface area contributed by atoms with E-state index in [4.69, 9.17) is 4.74 Å². The average Bonchev–Trinajstić information content (AvgIpc) is 2.44. The third-order valence-corrected chi connectivity index (χ3v) is 4.20. The number of para-hydroxylation sites is 2. The van der Waals surface area contributed by atoms with Gasteiger partial charge in [-0.1, -0.05) is 37.3 Å². The second-order valence-electron chi connectivity index (χ2n) is 4.93. The van der Waals surface area contributed by atoms with E-state index in [1.54, 1.807) is 0 Å². The number of nitrogens with one attached hydrogen (secondary N) is 1. The van der Waals surface area contributed by atoms with Gasteiger partial charge < -0.3 is 10.1 Å². The maximum Gasteiger partial charge on any atom is 0.124 e. The fourth-order valence-corrected chi connectivity index (χ4v) is 2.86. The van der Waals surface area contributed by atoms with Gasteiger partial charge in [0.15, 0.2) is 0 Å². The third-order valence-electron chi connectivity index (χ3n) is 3.51. The Morgan fingerprint density at radius 2 is 1.84 bits per heavy atom. The van der Waals surface area contributed by atoms with Crippen molar-refractivity contribution in [1.29, 1.82) is 0 Å². The standard InChI is InChI=1S/C16H16BrNO/c1-11-10-19-15-9-5-2-6-12(15)16(11)18-14-8-4-3-7-13(14)17/h2-9,11,16,18H,10H2,1H3. The molecular formula is C16H16BrNO. The highest BCUT2D eigenvalue weighted by molar-refractivity contribution is 9.10. The predicted octanol–water partition coefficient (Wildman–Crippen LogP) is 4.63. The lowest BCUT2D eigenvalue weighted by molar-refractivity contribution is 0.214. The first-order valence-corrected chi connectivity index (χ1v) is 7.28. The van der Waals surface area contributed by atoms with Crippen molar-refractivity contribution >= 4 is 21.6 Å². The minimum absolute atomic E-state index is 0.281. The highest BCUT2D eigenvalue weighted by Gasteiger charge is 2.27. The average molecular weight is 318 g/mol. The van der Waals surface area contributed by atoms with Crippen molar-refractivity contribution in [2.24, 2.45) is 5.92 Å². The van der Waals surface area contributed by atoms with E-state index < -0.39 is 0 Å². The molecule has 0 bridgehead atoms. The van der Waals surface area contributed by atoms with Gasteiger partial charge in [-0.25, -0.2) is 0 Å². The lowest BCUT2D eigenvalue weighted by atomic mass is 9.92. The molecule has 0 spiro atoms. The molecule has 2 atom stereocenters. The third kappa shape index (κ3) is 2.47. The molecule has 0 saturated carbocycles. The molecular weight excluding hydrogens is 302 g/mol. The van der Waals surface area contributed by atoms with Gasteiger partial charge in [-0.2, -0.15) is 0 Å². The topological polar surface area (TPSA) is 21.3 Å². The van der Waals surface area contributed by atoms with Crippen LogP contribution in [-0.4, -0.2) is 6.61 Å². The summed E-state index contributed by atoms with van der Waals surface area (Å²) >= 11 is 3.59. The Bertz CT molecular complexity index is 584. The van der Waals surface area contributed by atoms with Crippen LogP contribution in [0.15, 0.2) is 53.0 Å². The van der Waals surface area contributed by atoms with Crippen LogP contribution in [0.5, 0.6) is 5.75 Å². The quantitative estimate of drug-likeness (QED) is 0.871. The summed E-state index contributed by atoms with van der Waals surface area (Å²) in [6.07, 6.45) is 0. The van der Waals surface area contributed by atoms with Gasteiger partial charge in [-0.15, -0.1) is 0 Å². The number of anilines is 1. The molecule has 0 saturated heterocycles. The van der Waals surface area contributed by atoms with Crippen molar-refractivity contribution in [3.05, 3.63) is 58.6 Å². The van der Waals surface area contributed by atoms with Crippen molar-refractivity contribution in [2.75, 3.05) is 11.9 Å². The molecule has 2 aromatic carbocycles. The summed E-state index contributed by atoms with van der Waals surface area (Å²) in [5.41, 5.74) is 2.35. The van der Waals surface area contributed by atoms with Gasteiger partial charge in [0.1, 0.15) is 5.75 Å². The molecule has 2 unspecified atom stereocenters. The van der Waals surface area contributed by atoms with Crippen LogP contribution in [0.3, 0.4) is 0 Å². The molecule has 1 N–H and O–H groups in total. The zero-order valence-electron chi connectivity index (χ0n) is 10.8. The number of fused-ring (bicyclic) bond motifs is 1. The van der Waals surface area contributed by atoms with E-state index in [9.17, 15) is 0 Å². The molecule has 0 amide bonds. The normalized spacial score (nSPS) is 21.4. The zero-order valence-corrected chi connectivity index (χ0v) is 12.4. The molecule has 0 aromatic heterocycles. The first kappa shape index (κ1) is 12.5. The van der Waals surface area contributed by atoms with Crippen LogP contribution in [-0.2, 0) is 0 Å². The Morgan fingerprint density at radius 1 is 1.11 bits per heavy atom. The molecule has 0 radical (unpaired) electrons. The van der Waals surface area contributed by atoms with Crippen LogP contribution in [0.2, 0.25) is 0 Å². The number of rotatable bonds is 2. The van der Waals surface area contributed by atoms with Crippen molar-refractivity contribution < 1.29 is 4.74 Å². The Hall–Kier alpha value is -1.48. The first-order valence-electron chi connectivity index (χ1n) is 6.48. The molecule has 1 aliphatic rings. The fourth-order valence-electron chi connectivity index (χ4n) is 2.46. The number of halogens is 1. The number of hydrogen-bond donors (Lipinski definition) is 1. The summed E-state index contributed by atoms with van der Waals surface area (Å²) < 4.78 is 6.87. The van der Waals surface area contributed by atoms with Gasteiger partial charge in [-0.05, 0) is 34.1 Å². The number of benzene rings is 2. The van der Waals surface area contributed by atoms with Gasteiger partial charge in [0, 0.05) is 21.6 Å². The summed E-state index contributed by atoms with van der Waals surface area (Å²) in [7, 11) is 0. The van der Waals surface area contributed by atoms with Crippen LogP contribution < -0.4 is 10.1 Å². The maximum absolute atomic E-state index is 5.78. The highest BCUT2D eigenvalue weighted by Crippen LogP contribution is 2.38. The van der Waals surface area contributed by atoms with Gasteiger partial charge in [0.25, 0.3) is 0 Å². The number of ether oxygens (including phenoxy) is 1. The lowest BCUT2D eigenvalue weighted by Crippen LogP contribution is -2.28. The molecule has 3 heteroatoms. The lowest BCUT2D eigenvalue weighted by Gasteiger charge is -2.33. The van der Waals surface area contributed by atoms with Gasteiger partial charge in [0.05, 0.1) is 12.6 Å². The van der Waals surface area contributed by atoms with Gasteiger partial charge >= 0.3 is 0 Å². The highest BCUT2D eigenvalue weighted by atomic mass is 79.9. The van der Waals surface area contributed by atoms with E-state index >= 15 is 0 Å². The van der Waals surface area contributed by atoms with Crippen molar-refractivity contribution in [1.82, 2.24) is 0 Å². The Labute approximate surface area is 121 Å². The molecule has 0 fully saturated rings. The second-order valence-corrected chi connectivity index (χ2v) is 5.78. The Kier molecular flexibility index (Phi) is 3.47. The van der Waals surface area contributed by atoms with Crippen LogP contribution in [0.1, 0.15) is 18.5 Å². The Balaban J connectivity index is 1.94. The first-order chi connectivity index (χ1) is 9.25. The SMILES string of the molecule is CC1COc2ccccc2C1Nc1ccccc1Br. The van der Waals surface area contributed by atoms with E-state index in [0.29, 0.717) is 5.92 Å². The smallest absolute Gasteiger partial charge is 0.124 e. The van der Waals surface area contributed by atoms with Gasteiger partial charge in [0.2, 0.25) is 0 Å². The molecule has 3 rings (SSSR count). The molecule has 1 heterocycles. The Morgan fingerprint density at radius 3 is 2.68 bits per heavy atom. The maximum atomic E-state index is 5.78. The summed E-state index contributed by atoms with van der Waals surface area (Å²) in [6, 6.07) is 16.8. The van der Waals surface area contributed by atoms with Crippen molar-refractivity contribution in [2.45, 2.75) is 13.0 Å². The minimum atomic E-state index is 0.281. The van der Waals surface area contributed by atoms with E-state index in [1.807, 2.05) is 24.3 Å². The van der Waals surface area contributed by atoms with Crippen LogP contribution in [0, 0.1) is 5.92 Å². The predicted molar refractivity (Wildman–Crippen MR) is 81.6 cm³/mol. The fraction of sp³-hybridized carbons (Fsp3) is 0.250. The molecule has 19 heavy (non-hydrogen) atoms. The number of hydrogen-bond acceptors (Lipinski definition) is 2. The molecule has 1 aliphatic heterocycles. The molecule has 2 aromatic rings. The second kappa shape index (κ2) is 5.25. The van der Waals surface area contributed by atoms with E-state index in [2.05, 4.69) is 52.4 Å². The van der Waals surface area contributed by atoms with Crippen LogP contribution in [0.4, 0.5) is 5.69 Å². The summed E-state index contributed by atoms with van der Waals surface area (Å²) in [4.78, 5) is 0. The largest absolute Gasteiger partial charge is 0.493 e. The summed E-state index contributed by atoms with van der Waals surface area (Å²) in [6.45, 7) is 2.96. The summed E-state index contributed by atoms with van der Waals surface area (Å²) in [5, 5.41) is 3.63. The van der Waals surface area contributed by atoms with E-state index in [0.717, 1.165) is 22.5 Å².